The molecule has 3 rings (SSSR count). The second-order valence-electron chi connectivity index (χ2n) is 5.96. The molecule has 2 aromatic carbocycles. The van der Waals surface area contributed by atoms with Gasteiger partial charge in [0.05, 0.1) is 7.11 Å². The van der Waals surface area contributed by atoms with E-state index in [1.807, 2.05) is 25.1 Å². The van der Waals surface area contributed by atoms with E-state index in [9.17, 15) is 9.59 Å². The van der Waals surface area contributed by atoms with Crippen LogP contribution in [0.4, 0.5) is 21.9 Å². The molecule has 0 spiro atoms. The number of rotatable bonds is 4. The molecule has 0 radical (unpaired) electrons. The summed E-state index contributed by atoms with van der Waals surface area (Å²) in [6, 6.07) is 12.3. The molecule has 1 aliphatic rings. The maximum atomic E-state index is 12.1. The van der Waals surface area contributed by atoms with Crippen molar-refractivity contribution in [1.29, 1.82) is 0 Å². The van der Waals surface area contributed by atoms with Crippen LogP contribution in [0.2, 0.25) is 0 Å². The number of nitrogens with zero attached hydrogens (tertiary/aromatic N) is 1. The molecule has 0 aliphatic carbocycles. The zero-order valence-corrected chi connectivity index (χ0v) is 14.3. The summed E-state index contributed by atoms with van der Waals surface area (Å²) in [5, 5.41) is 5.57. The summed E-state index contributed by atoms with van der Waals surface area (Å²) in [6.45, 7) is 2.69. The van der Waals surface area contributed by atoms with Crippen molar-refractivity contribution in [2.75, 3.05) is 29.2 Å². The highest BCUT2D eigenvalue weighted by Crippen LogP contribution is 2.27. The first-order valence-electron chi connectivity index (χ1n) is 8.20. The van der Waals surface area contributed by atoms with Crippen molar-refractivity contribution in [3.05, 3.63) is 48.0 Å². The molecule has 0 aromatic heterocycles. The predicted octanol–water partition coefficient (Wildman–Crippen LogP) is 3.77. The Balaban J connectivity index is 1.64. The number of amides is 3. The Morgan fingerprint density at radius 1 is 1.08 bits per heavy atom. The average Bonchev–Trinajstić information content (AvgIpc) is 3.01. The van der Waals surface area contributed by atoms with Crippen LogP contribution in [0.3, 0.4) is 0 Å². The zero-order chi connectivity index (χ0) is 17.8. The van der Waals surface area contributed by atoms with Gasteiger partial charge in [0.15, 0.2) is 0 Å². The van der Waals surface area contributed by atoms with Gasteiger partial charge in [-0.15, -0.1) is 0 Å². The SMILES string of the molecule is COc1ccc(NC(=O)Nc2ccc(N3CCCC3=O)c(C)c2)cc1. The van der Waals surface area contributed by atoms with Crippen LogP contribution < -0.4 is 20.3 Å². The van der Waals surface area contributed by atoms with Crippen molar-refractivity contribution in [3.8, 4) is 5.75 Å². The van der Waals surface area contributed by atoms with Crippen LogP contribution in [-0.2, 0) is 4.79 Å². The number of urea groups is 1. The number of benzene rings is 2. The van der Waals surface area contributed by atoms with Gasteiger partial charge in [-0.05, 0) is 61.4 Å². The molecule has 1 saturated heterocycles. The van der Waals surface area contributed by atoms with Gasteiger partial charge in [0.25, 0.3) is 0 Å². The Morgan fingerprint density at radius 3 is 2.36 bits per heavy atom. The number of anilines is 3. The molecular formula is C19H21N3O3. The Bertz CT molecular complexity index is 787. The minimum atomic E-state index is -0.324. The smallest absolute Gasteiger partial charge is 0.323 e. The van der Waals surface area contributed by atoms with Crippen molar-refractivity contribution in [3.63, 3.8) is 0 Å². The standard InChI is InChI=1S/C19H21N3O3/c1-13-12-15(7-10-17(13)22-11-3-4-18(22)23)21-19(24)20-14-5-8-16(25-2)9-6-14/h5-10,12H,3-4,11H2,1-2H3,(H2,20,21,24). The number of aryl methyl sites for hydroxylation is 1. The maximum absolute atomic E-state index is 12.1. The summed E-state index contributed by atoms with van der Waals surface area (Å²) in [6.07, 6.45) is 1.49. The molecule has 0 bridgehead atoms. The lowest BCUT2D eigenvalue weighted by atomic mass is 10.1. The molecule has 2 aromatic rings. The fourth-order valence-electron chi connectivity index (χ4n) is 2.91. The first kappa shape index (κ1) is 16.8. The second-order valence-corrected chi connectivity index (χ2v) is 5.96. The van der Waals surface area contributed by atoms with Gasteiger partial charge in [0.2, 0.25) is 5.91 Å². The number of nitrogens with one attached hydrogen (secondary N) is 2. The van der Waals surface area contributed by atoms with Crippen molar-refractivity contribution in [2.45, 2.75) is 19.8 Å². The average molecular weight is 339 g/mol. The van der Waals surface area contributed by atoms with Gasteiger partial charge in [-0.3, -0.25) is 4.79 Å². The number of hydrogen-bond donors (Lipinski definition) is 2. The Morgan fingerprint density at radius 2 is 1.76 bits per heavy atom. The van der Waals surface area contributed by atoms with Crippen molar-refractivity contribution >= 4 is 29.0 Å². The van der Waals surface area contributed by atoms with E-state index in [0.717, 1.165) is 30.0 Å². The number of ether oxygens (including phenoxy) is 1. The van der Waals surface area contributed by atoms with E-state index in [1.54, 1.807) is 36.3 Å². The van der Waals surface area contributed by atoms with Gasteiger partial charge >= 0.3 is 6.03 Å². The van der Waals surface area contributed by atoms with Crippen LogP contribution in [0.1, 0.15) is 18.4 Å². The van der Waals surface area contributed by atoms with E-state index in [-0.39, 0.29) is 11.9 Å². The lowest BCUT2D eigenvalue weighted by molar-refractivity contribution is -0.117. The highest BCUT2D eigenvalue weighted by atomic mass is 16.5. The fourth-order valence-corrected chi connectivity index (χ4v) is 2.91. The third-order valence-corrected chi connectivity index (χ3v) is 4.17. The van der Waals surface area contributed by atoms with Gasteiger partial charge in [-0.2, -0.15) is 0 Å². The Hall–Kier alpha value is -3.02. The third-order valence-electron chi connectivity index (χ3n) is 4.17. The Kier molecular flexibility index (Phi) is 4.88. The van der Waals surface area contributed by atoms with Crippen molar-refractivity contribution < 1.29 is 14.3 Å². The topological polar surface area (TPSA) is 70.7 Å². The molecule has 2 N–H and O–H groups in total. The molecule has 0 unspecified atom stereocenters. The largest absolute Gasteiger partial charge is 0.497 e. The normalized spacial score (nSPS) is 13.7. The van der Waals surface area contributed by atoms with E-state index in [4.69, 9.17) is 4.74 Å². The van der Waals surface area contributed by atoms with Crippen LogP contribution in [0.5, 0.6) is 5.75 Å². The number of carbonyl (C=O) groups excluding carboxylic acids is 2. The van der Waals surface area contributed by atoms with E-state index in [2.05, 4.69) is 10.6 Å². The summed E-state index contributed by atoms with van der Waals surface area (Å²) in [4.78, 5) is 25.8. The highest BCUT2D eigenvalue weighted by Gasteiger charge is 2.23. The molecule has 6 nitrogen and oxygen atoms in total. The first-order chi connectivity index (χ1) is 12.1. The van der Waals surface area contributed by atoms with Crippen LogP contribution >= 0.6 is 0 Å². The van der Waals surface area contributed by atoms with Gasteiger partial charge in [-0.25, -0.2) is 4.79 Å². The van der Waals surface area contributed by atoms with E-state index in [0.29, 0.717) is 17.8 Å². The maximum Gasteiger partial charge on any atom is 0.323 e. The molecule has 6 heteroatoms. The summed E-state index contributed by atoms with van der Waals surface area (Å²) in [5.74, 6) is 0.884. The van der Waals surface area contributed by atoms with Crippen molar-refractivity contribution in [1.82, 2.24) is 0 Å². The number of carbonyl (C=O) groups is 2. The summed E-state index contributed by atoms with van der Waals surface area (Å²) < 4.78 is 5.09. The Labute approximate surface area is 146 Å². The lowest BCUT2D eigenvalue weighted by Crippen LogP contribution is -2.24. The summed E-state index contributed by atoms with van der Waals surface area (Å²) in [7, 11) is 1.59. The monoisotopic (exact) mass is 339 g/mol. The molecule has 25 heavy (non-hydrogen) atoms. The first-order valence-corrected chi connectivity index (χ1v) is 8.20. The quantitative estimate of drug-likeness (QED) is 0.891. The van der Waals surface area contributed by atoms with E-state index in [1.165, 1.54) is 0 Å². The molecule has 0 atom stereocenters. The van der Waals surface area contributed by atoms with E-state index >= 15 is 0 Å². The highest BCUT2D eigenvalue weighted by molar-refractivity contribution is 6.00. The van der Waals surface area contributed by atoms with Gasteiger partial charge in [0, 0.05) is 30.0 Å². The second kappa shape index (κ2) is 7.25. The fraction of sp³-hybridized carbons (Fsp3) is 0.263. The molecular weight excluding hydrogens is 318 g/mol. The summed E-state index contributed by atoms with van der Waals surface area (Å²) in [5.41, 5.74) is 3.22. The zero-order valence-electron chi connectivity index (χ0n) is 14.3. The molecule has 0 saturated carbocycles. The number of methoxy groups -OCH3 is 1. The minimum absolute atomic E-state index is 0.154. The molecule has 1 fully saturated rings. The van der Waals surface area contributed by atoms with E-state index < -0.39 is 0 Å². The van der Waals surface area contributed by atoms with Gasteiger partial charge < -0.3 is 20.3 Å². The third kappa shape index (κ3) is 3.91. The molecule has 1 heterocycles. The van der Waals surface area contributed by atoms with Crippen LogP contribution in [0.25, 0.3) is 0 Å². The van der Waals surface area contributed by atoms with Crippen LogP contribution in [0, 0.1) is 6.92 Å². The predicted molar refractivity (Wildman–Crippen MR) is 98.4 cm³/mol. The van der Waals surface area contributed by atoms with Gasteiger partial charge in [0.1, 0.15) is 5.75 Å². The minimum Gasteiger partial charge on any atom is -0.497 e. The summed E-state index contributed by atoms with van der Waals surface area (Å²) >= 11 is 0. The molecule has 1 aliphatic heterocycles. The lowest BCUT2D eigenvalue weighted by Gasteiger charge is -2.19. The molecule has 130 valence electrons. The van der Waals surface area contributed by atoms with Crippen LogP contribution in [-0.4, -0.2) is 25.6 Å². The van der Waals surface area contributed by atoms with Crippen LogP contribution in [0.15, 0.2) is 42.5 Å². The van der Waals surface area contributed by atoms with Crippen molar-refractivity contribution in [2.24, 2.45) is 0 Å². The molecule has 3 amide bonds. The van der Waals surface area contributed by atoms with Gasteiger partial charge in [-0.1, -0.05) is 0 Å². The number of hydrogen-bond acceptors (Lipinski definition) is 3.